The number of carbonyl (C=O) groups is 1. The Hall–Kier alpha value is -2.11. The fourth-order valence-electron chi connectivity index (χ4n) is 3.11. The highest BCUT2D eigenvalue weighted by atomic mass is 16.1. The van der Waals surface area contributed by atoms with E-state index in [4.69, 9.17) is 0 Å². The second-order valence-corrected chi connectivity index (χ2v) is 6.15. The number of aromatic nitrogens is 4. The number of rotatable bonds is 4. The average molecular weight is 301 g/mol. The van der Waals surface area contributed by atoms with Crippen LogP contribution in [0.4, 0.5) is 0 Å². The number of hydrogen-bond donors (Lipinski definition) is 1. The predicted octanol–water partition coefficient (Wildman–Crippen LogP) is 1.53. The van der Waals surface area contributed by atoms with Gasteiger partial charge in [0.15, 0.2) is 0 Å². The van der Waals surface area contributed by atoms with Gasteiger partial charge in [-0.25, -0.2) is 4.98 Å². The molecular weight excluding hydrogens is 278 g/mol. The van der Waals surface area contributed by atoms with E-state index in [1.165, 1.54) is 0 Å². The molecule has 0 bridgehead atoms. The quantitative estimate of drug-likeness (QED) is 0.931. The van der Waals surface area contributed by atoms with Gasteiger partial charge >= 0.3 is 0 Å². The molecule has 0 fully saturated rings. The number of amides is 1. The lowest BCUT2D eigenvalue weighted by molar-refractivity contribution is -0.122. The molecule has 3 heterocycles. The van der Waals surface area contributed by atoms with E-state index in [0.717, 1.165) is 42.3 Å². The van der Waals surface area contributed by atoms with Crippen molar-refractivity contribution in [3.63, 3.8) is 0 Å². The van der Waals surface area contributed by atoms with Crippen LogP contribution in [0.25, 0.3) is 0 Å². The van der Waals surface area contributed by atoms with Gasteiger partial charge in [0.05, 0.1) is 11.4 Å². The molecule has 2 aromatic heterocycles. The van der Waals surface area contributed by atoms with Crippen molar-refractivity contribution in [2.75, 3.05) is 0 Å². The third-order valence-corrected chi connectivity index (χ3v) is 4.13. The first kappa shape index (κ1) is 14.8. The lowest BCUT2D eigenvalue weighted by atomic mass is 10.1. The first-order valence-corrected chi connectivity index (χ1v) is 7.84. The zero-order chi connectivity index (χ0) is 15.7. The van der Waals surface area contributed by atoms with Gasteiger partial charge in [0.2, 0.25) is 5.91 Å². The van der Waals surface area contributed by atoms with Crippen LogP contribution in [-0.4, -0.2) is 31.3 Å². The SMILES string of the molecule is Cc1cn2c(n1)CC[C@H](NC(=O)CCn1nc(C)cc1C)C2. The summed E-state index contributed by atoms with van der Waals surface area (Å²) in [6.07, 6.45) is 4.41. The second kappa shape index (κ2) is 5.94. The number of carbonyl (C=O) groups excluding carboxylic acids is 1. The largest absolute Gasteiger partial charge is 0.352 e. The third-order valence-electron chi connectivity index (χ3n) is 4.13. The Bertz CT molecular complexity index is 685. The van der Waals surface area contributed by atoms with Crippen LogP contribution in [0.1, 0.15) is 35.7 Å². The topological polar surface area (TPSA) is 64.7 Å². The molecule has 118 valence electrons. The summed E-state index contributed by atoms with van der Waals surface area (Å²) in [6.45, 7) is 7.45. The fraction of sp³-hybridized carbons (Fsp3) is 0.562. The Balaban J connectivity index is 1.51. The summed E-state index contributed by atoms with van der Waals surface area (Å²) in [5.74, 6) is 1.23. The van der Waals surface area contributed by atoms with Gasteiger partial charge in [-0.05, 0) is 33.3 Å². The summed E-state index contributed by atoms with van der Waals surface area (Å²) in [7, 11) is 0. The van der Waals surface area contributed by atoms with Crippen molar-refractivity contribution >= 4 is 5.91 Å². The monoisotopic (exact) mass is 301 g/mol. The molecule has 0 saturated heterocycles. The minimum absolute atomic E-state index is 0.0952. The molecule has 2 aromatic rings. The summed E-state index contributed by atoms with van der Waals surface area (Å²) >= 11 is 0. The maximum atomic E-state index is 12.1. The molecule has 0 aromatic carbocycles. The summed E-state index contributed by atoms with van der Waals surface area (Å²) < 4.78 is 4.05. The van der Waals surface area contributed by atoms with Crippen LogP contribution >= 0.6 is 0 Å². The molecule has 0 radical (unpaired) electrons. The highest BCUT2D eigenvalue weighted by Crippen LogP contribution is 2.15. The number of imidazole rings is 1. The van der Waals surface area contributed by atoms with Crippen LogP contribution in [0.15, 0.2) is 12.3 Å². The van der Waals surface area contributed by atoms with Crippen molar-refractivity contribution in [1.29, 1.82) is 0 Å². The van der Waals surface area contributed by atoms with Crippen LogP contribution in [0, 0.1) is 20.8 Å². The summed E-state index contributed by atoms with van der Waals surface area (Å²) in [4.78, 5) is 16.6. The van der Waals surface area contributed by atoms with Crippen LogP contribution in [0.5, 0.6) is 0 Å². The van der Waals surface area contributed by atoms with Crippen LogP contribution in [-0.2, 0) is 24.3 Å². The Morgan fingerprint density at radius 3 is 2.91 bits per heavy atom. The summed E-state index contributed by atoms with van der Waals surface area (Å²) in [5, 5.41) is 7.52. The van der Waals surface area contributed by atoms with Gasteiger partial charge < -0.3 is 9.88 Å². The number of fused-ring (bicyclic) bond motifs is 1. The molecular formula is C16H23N5O. The third kappa shape index (κ3) is 3.21. The molecule has 0 unspecified atom stereocenters. The Kier molecular flexibility index (Phi) is 4.00. The number of aryl methyl sites for hydroxylation is 5. The first-order valence-electron chi connectivity index (χ1n) is 7.84. The summed E-state index contributed by atoms with van der Waals surface area (Å²) in [5.41, 5.74) is 3.14. The molecule has 6 nitrogen and oxygen atoms in total. The fourth-order valence-corrected chi connectivity index (χ4v) is 3.11. The molecule has 6 heteroatoms. The lowest BCUT2D eigenvalue weighted by Gasteiger charge is -2.24. The highest BCUT2D eigenvalue weighted by Gasteiger charge is 2.21. The highest BCUT2D eigenvalue weighted by molar-refractivity contribution is 5.76. The van der Waals surface area contributed by atoms with Crippen molar-refractivity contribution in [2.45, 2.75) is 59.2 Å². The Morgan fingerprint density at radius 1 is 1.36 bits per heavy atom. The molecule has 1 aliphatic rings. The van der Waals surface area contributed by atoms with Gasteiger partial charge in [-0.2, -0.15) is 5.10 Å². The van der Waals surface area contributed by atoms with Crippen LogP contribution < -0.4 is 5.32 Å². The molecule has 22 heavy (non-hydrogen) atoms. The van der Waals surface area contributed by atoms with Crippen molar-refractivity contribution in [1.82, 2.24) is 24.6 Å². The van der Waals surface area contributed by atoms with Gasteiger partial charge in [-0.15, -0.1) is 0 Å². The Morgan fingerprint density at radius 2 is 2.18 bits per heavy atom. The molecule has 1 N–H and O–H groups in total. The standard InChI is InChI=1S/C16H23N5O/c1-11-8-13(3)21(19-11)7-6-16(22)18-14-4-5-15-17-12(2)9-20(15)10-14/h8-9,14H,4-7,10H2,1-3H3,(H,18,22)/t14-/m0/s1. The number of hydrogen-bond acceptors (Lipinski definition) is 3. The first-order chi connectivity index (χ1) is 10.5. The van der Waals surface area contributed by atoms with E-state index in [-0.39, 0.29) is 11.9 Å². The molecule has 3 rings (SSSR count). The molecule has 0 aliphatic carbocycles. The zero-order valence-corrected chi connectivity index (χ0v) is 13.5. The minimum atomic E-state index is 0.0952. The molecule has 0 saturated carbocycles. The number of nitrogens with zero attached hydrogens (tertiary/aromatic N) is 4. The van der Waals surface area contributed by atoms with Gasteiger partial charge in [0.1, 0.15) is 5.82 Å². The van der Waals surface area contributed by atoms with E-state index >= 15 is 0 Å². The van der Waals surface area contributed by atoms with Crippen molar-refractivity contribution < 1.29 is 4.79 Å². The summed E-state index contributed by atoms with van der Waals surface area (Å²) in [6, 6.07) is 2.23. The van der Waals surface area contributed by atoms with Gasteiger partial charge in [0, 0.05) is 43.9 Å². The van der Waals surface area contributed by atoms with Crippen molar-refractivity contribution in [3.05, 3.63) is 35.2 Å². The smallest absolute Gasteiger partial charge is 0.222 e. The average Bonchev–Trinajstić information content (AvgIpc) is 2.97. The normalized spacial score (nSPS) is 17.3. The van der Waals surface area contributed by atoms with E-state index in [9.17, 15) is 4.79 Å². The van der Waals surface area contributed by atoms with Gasteiger partial charge in [-0.1, -0.05) is 0 Å². The maximum absolute atomic E-state index is 12.1. The van der Waals surface area contributed by atoms with Crippen LogP contribution in [0.3, 0.4) is 0 Å². The number of nitrogens with one attached hydrogen (secondary N) is 1. The molecule has 1 atom stereocenters. The van der Waals surface area contributed by atoms with Crippen LogP contribution in [0.2, 0.25) is 0 Å². The molecule has 1 aliphatic heterocycles. The van der Waals surface area contributed by atoms with E-state index < -0.39 is 0 Å². The second-order valence-electron chi connectivity index (χ2n) is 6.15. The van der Waals surface area contributed by atoms with E-state index in [1.807, 2.05) is 31.5 Å². The van der Waals surface area contributed by atoms with E-state index in [0.29, 0.717) is 13.0 Å². The minimum Gasteiger partial charge on any atom is -0.352 e. The zero-order valence-electron chi connectivity index (χ0n) is 13.5. The van der Waals surface area contributed by atoms with E-state index in [2.05, 4.69) is 26.2 Å². The predicted molar refractivity (Wildman–Crippen MR) is 83.5 cm³/mol. The maximum Gasteiger partial charge on any atom is 0.222 e. The lowest BCUT2D eigenvalue weighted by Crippen LogP contribution is -2.41. The van der Waals surface area contributed by atoms with Gasteiger partial charge in [-0.3, -0.25) is 9.48 Å². The Labute approximate surface area is 130 Å². The van der Waals surface area contributed by atoms with Gasteiger partial charge in [0.25, 0.3) is 0 Å². The van der Waals surface area contributed by atoms with Crippen molar-refractivity contribution in [2.24, 2.45) is 0 Å². The van der Waals surface area contributed by atoms with E-state index in [1.54, 1.807) is 0 Å². The van der Waals surface area contributed by atoms with Crippen molar-refractivity contribution in [3.8, 4) is 0 Å². The molecule has 1 amide bonds. The molecule has 0 spiro atoms.